The molecule has 0 aliphatic heterocycles. The zero-order valence-corrected chi connectivity index (χ0v) is 12.7. The van der Waals surface area contributed by atoms with Crippen molar-refractivity contribution < 1.29 is 14.3 Å². The normalized spacial score (nSPS) is 11.8. The van der Waals surface area contributed by atoms with Crippen LogP contribution in [0.1, 0.15) is 0 Å². The van der Waals surface area contributed by atoms with Gasteiger partial charge < -0.3 is 14.8 Å². The predicted octanol–water partition coefficient (Wildman–Crippen LogP) is 2.81. The van der Waals surface area contributed by atoms with Gasteiger partial charge in [-0.2, -0.15) is 0 Å². The number of halogens is 2. The van der Waals surface area contributed by atoms with E-state index in [1.54, 1.807) is 7.11 Å². The average Bonchev–Trinajstić information content (AvgIpc) is 2.36. The number of methoxy groups -OCH3 is 2. The summed E-state index contributed by atoms with van der Waals surface area (Å²) in [6, 6.07) is 5.57. The fourth-order valence-corrected chi connectivity index (χ4v) is 1.91. The maximum atomic E-state index is 11.2. The SMILES string of the molecule is COC(=O)C(Br)CNc1cc(OC)ccc1Br. The highest BCUT2D eigenvalue weighted by molar-refractivity contribution is 9.10. The molecule has 0 fully saturated rings. The van der Waals surface area contributed by atoms with E-state index in [9.17, 15) is 4.79 Å². The number of carbonyl (C=O) groups excluding carboxylic acids is 1. The summed E-state index contributed by atoms with van der Waals surface area (Å²) in [5.41, 5.74) is 0.859. The van der Waals surface area contributed by atoms with Gasteiger partial charge in [0, 0.05) is 17.1 Å². The number of benzene rings is 1. The van der Waals surface area contributed by atoms with Crippen LogP contribution in [0, 0.1) is 0 Å². The Morgan fingerprint density at radius 3 is 2.76 bits per heavy atom. The minimum absolute atomic E-state index is 0.309. The Kier molecular flexibility index (Phi) is 5.77. The molecular weight excluding hydrogens is 354 g/mol. The molecule has 94 valence electrons. The summed E-state index contributed by atoms with van der Waals surface area (Å²) in [7, 11) is 2.97. The van der Waals surface area contributed by atoms with E-state index in [0.29, 0.717) is 6.54 Å². The van der Waals surface area contributed by atoms with E-state index in [1.165, 1.54) is 7.11 Å². The van der Waals surface area contributed by atoms with Crippen molar-refractivity contribution in [1.29, 1.82) is 0 Å². The van der Waals surface area contributed by atoms with Gasteiger partial charge in [0.15, 0.2) is 0 Å². The topological polar surface area (TPSA) is 47.6 Å². The van der Waals surface area contributed by atoms with E-state index in [0.717, 1.165) is 15.9 Å². The molecule has 0 radical (unpaired) electrons. The zero-order chi connectivity index (χ0) is 12.8. The molecule has 17 heavy (non-hydrogen) atoms. The number of rotatable bonds is 5. The lowest BCUT2D eigenvalue weighted by Crippen LogP contribution is -2.24. The van der Waals surface area contributed by atoms with E-state index >= 15 is 0 Å². The molecule has 6 heteroatoms. The van der Waals surface area contributed by atoms with Gasteiger partial charge in [-0.25, -0.2) is 0 Å². The van der Waals surface area contributed by atoms with Gasteiger partial charge in [0.1, 0.15) is 10.6 Å². The number of anilines is 1. The largest absolute Gasteiger partial charge is 0.497 e. The average molecular weight is 367 g/mol. The molecule has 1 aromatic carbocycles. The highest BCUT2D eigenvalue weighted by atomic mass is 79.9. The molecule has 0 bridgehead atoms. The van der Waals surface area contributed by atoms with Crippen LogP contribution in [-0.2, 0) is 9.53 Å². The molecule has 1 rings (SSSR count). The Hall–Kier alpha value is -0.750. The number of esters is 1. The van der Waals surface area contributed by atoms with E-state index in [-0.39, 0.29) is 10.8 Å². The minimum Gasteiger partial charge on any atom is -0.497 e. The first kappa shape index (κ1) is 14.3. The monoisotopic (exact) mass is 365 g/mol. The van der Waals surface area contributed by atoms with Crippen LogP contribution in [-0.4, -0.2) is 31.6 Å². The van der Waals surface area contributed by atoms with Crippen molar-refractivity contribution in [3.8, 4) is 5.75 Å². The van der Waals surface area contributed by atoms with Crippen LogP contribution in [0.2, 0.25) is 0 Å². The maximum Gasteiger partial charge on any atom is 0.321 e. The molecule has 1 aromatic rings. The maximum absolute atomic E-state index is 11.2. The van der Waals surface area contributed by atoms with Gasteiger partial charge in [0.2, 0.25) is 0 Å². The fraction of sp³-hybridized carbons (Fsp3) is 0.364. The smallest absolute Gasteiger partial charge is 0.321 e. The van der Waals surface area contributed by atoms with E-state index < -0.39 is 0 Å². The summed E-state index contributed by atoms with van der Waals surface area (Å²) in [4.78, 5) is 10.8. The second-order valence-corrected chi connectivity index (χ2v) is 5.18. The highest BCUT2D eigenvalue weighted by Crippen LogP contribution is 2.27. The molecule has 1 atom stereocenters. The first-order valence-electron chi connectivity index (χ1n) is 4.87. The molecule has 0 amide bonds. The van der Waals surface area contributed by atoms with Gasteiger partial charge in [0.25, 0.3) is 0 Å². The summed E-state index contributed by atoms with van der Waals surface area (Å²) in [5.74, 6) is 0.441. The molecular formula is C11H13Br2NO3. The summed E-state index contributed by atoms with van der Waals surface area (Å²) in [6.45, 7) is 0.429. The van der Waals surface area contributed by atoms with Gasteiger partial charge in [-0.1, -0.05) is 15.9 Å². The molecule has 4 nitrogen and oxygen atoms in total. The first-order chi connectivity index (χ1) is 8.08. The van der Waals surface area contributed by atoms with Crippen molar-refractivity contribution in [2.24, 2.45) is 0 Å². The van der Waals surface area contributed by atoms with Gasteiger partial charge in [0.05, 0.1) is 19.9 Å². The van der Waals surface area contributed by atoms with Crippen LogP contribution < -0.4 is 10.1 Å². The minimum atomic E-state index is -0.384. The number of hydrogen-bond donors (Lipinski definition) is 1. The number of nitrogens with one attached hydrogen (secondary N) is 1. The van der Waals surface area contributed by atoms with E-state index in [2.05, 4.69) is 41.9 Å². The Morgan fingerprint density at radius 2 is 2.18 bits per heavy atom. The van der Waals surface area contributed by atoms with Crippen molar-refractivity contribution in [2.75, 3.05) is 26.1 Å². The Balaban J connectivity index is 2.65. The van der Waals surface area contributed by atoms with Gasteiger partial charge in [-0.15, -0.1) is 0 Å². The Labute approximate surface area is 117 Å². The third-order valence-corrected chi connectivity index (χ3v) is 3.49. The lowest BCUT2D eigenvalue weighted by Gasteiger charge is -2.12. The Morgan fingerprint density at radius 1 is 1.47 bits per heavy atom. The molecule has 0 aliphatic carbocycles. The van der Waals surface area contributed by atoms with Crippen LogP contribution in [0.15, 0.2) is 22.7 Å². The van der Waals surface area contributed by atoms with Crippen LogP contribution in [0.5, 0.6) is 5.75 Å². The third kappa shape index (κ3) is 4.20. The van der Waals surface area contributed by atoms with Crippen molar-refractivity contribution >= 4 is 43.5 Å². The second-order valence-electron chi connectivity index (χ2n) is 3.22. The van der Waals surface area contributed by atoms with Crippen LogP contribution >= 0.6 is 31.9 Å². The van der Waals surface area contributed by atoms with Crippen molar-refractivity contribution in [1.82, 2.24) is 0 Å². The summed E-state index contributed by atoms with van der Waals surface area (Å²) in [6.07, 6.45) is 0. The molecule has 0 saturated heterocycles. The molecule has 0 aromatic heterocycles. The molecule has 1 N–H and O–H groups in total. The predicted molar refractivity (Wildman–Crippen MR) is 73.9 cm³/mol. The Bertz CT molecular complexity index is 398. The number of alkyl halides is 1. The summed E-state index contributed by atoms with van der Waals surface area (Å²) < 4.78 is 10.6. The number of hydrogen-bond acceptors (Lipinski definition) is 4. The van der Waals surface area contributed by atoms with E-state index in [1.807, 2.05) is 18.2 Å². The summed E-state index contributed by atoms with van der Waals surface area (Å²) >= 11 is 6.65. The molecule has 0 aliphatic rings. The van der Waals surface area contributed by atoms with Crippen LogP contribution in [0.3, 0.4) is 0 Å². The fourth-order valence-electron chi connectivity index (χ4n) is 1.18. The lowest BCUT2D eigenvalue weighted by molar-refractivity contribution is -0.139. The molecule has 0 saturated carbocycles. The molecule has 0 heterocycles. The lowest BCUT2D eigenvalue weighted by atomic mass is 10.3. The molecule has 1 unspecified atom stereocenters. The quantitative estimate of drug-likeness (QED) is 0.643. The third-order valence-electron chi connectivity index (χ3n) is 2.10. The zero-order valence-electron chi connectivity index (χ0n) is 9.50. The van der Waals surface area contributed by atoms with Crippen molar-refractivity contribution in [3.63, 3.8) is 0 Å². The number of carbonyl (C=O) groups is 1. The van der Waals surface area contributed by atoms with E-state index in [4.69, 9.17) is 4.74 Å². The first-order valence-corrected chi connectivity index (χ1v) is 6.58. The van der Waals surface area contributed by atoms with Crippen molar-refractivity contribution in [3.05, 3.63) is 22.7 Å². The standard InChI is InChI=1S/C11H13Br2NO3/c1-16-7-3-4-8(12)10(5-7)14-6-9(13)11(15)17-2/h3-5,9,14H,6H2,1-2H3. The van der Waals surface area contributed by atoms with Gasteiger partial charge in [-0.05, 0) is 28.1 Å². The van der Waals surface area contributed by atoms with Gasteiger partial charge in [-0.3, -0.25) is 4.79 Å². The second kappa shape index (κ2) is 6.86. The summed E-state index contributed by atoms with van der Waals surface area (Å²) in [5, 5.41) is 3.13. The van der Waals surface area contributed by atoms with Gasteiger partial charge >= 0.3 is 5.97 Å². The van der Waals surface area contributed by atoms with Crippen molar-refractivity contribution in [2.45, 2.75) is 4.83 Å². The molecule has 0 spiro atoms. The van der Waals surface area contributed by atoms with Crippen LogP contribution in [0.4, 0.5) is 5.69 Å². The highest BCUT2D eigenvalue weighted by Gasteiger charge is 2.15. The number of ether oxygens (including phenoxy) is 2. The van der Waals surface area contributed by atoms with Crippen LogP contribution in [0.25, 0.3) is 0 Å².